The zero-order valence-electron chi connectivity index (χ0n) is 18.3. The molecule has 3 N–H and O–H groups in total. The first kappa shape index (κ1) is 25.3. The van der Waals surface area contributed by atoms with Gasteiger partial charge in [-0.15, -0.1) is 0 Å². The molecule has 0 bridgehead atoms. The Labute approximate surface area is 178 Å². The zero-order valence-corrected chi connectivity index (χ0v) is 18.3. The topological polar surface area (TPSA) is 114 Å². The Hall–Kier alpha value is -2.77. The van der Waals surface area contributed by atoms with E-state index in [0.29, 0.717) is 13.2 Å². The Morgan fingerprint density at radius 3 is 2.23 bits per heavy atom. The lowest BCUT2D eigenvalue weighted by molar-refractivity contribution is -0.141. The van der Waals surface area contributed by atoms with Crippen LogP contribution >= 0.6 is 0 Å². The normalized spacial score (nSPS) is 12.0. The first-order valence-electron chi connectivity index (χ1n) is 10.3. The Kier molecular flexibility index (Phi) is 10.7. The van der Waals surface area contributed by atoms with Gasteiger partial charge in [0.2, 0.25) is 5.91 Å². The number of nitrogens with one attached hydrogen (secondary N) is 2. The summed E-state index contributed by atoms with van der Waals surface area (Å²) in [6.45, 7) is 7.97. The number of aliphatic carboxylic acids is 1. The van der Waals surface area contributed by atoms with E-state index in [9.17, 15) is 14.4 Å². The van der Waals surface area contributed by atoms with Crippen molar-refractivity contribution in [2.45, 2.75) is 71.4 Å². The van der Waals surface area contributed by atoms with Gasteiger partial charge < -0.3 is 25.2 Å². The first-order chi connectivity index (χ1) is 14.1. The average Bonchev–Trinajstić information content (AvgIpc) is 2.62. The smallest absolute Gasteiger partial charge is 0.407 e. The van der Waals surface area contributed by atoms with Crippen LogP contribution in [0.3, 0.4) is 0 Å². The molecule has 2 amide bonds. The van der Waals surface area contributed by atoms with Gasteiger partial charge in [-0.3, -0.25) is 4.79 Å². The third-order valence-corrected chi connectivity index (χ3v) is 4.05. The number of carbonyl (C=O) groups excluding carboxylic acids is 2. The van der Waals surface area contributed by atoms with Crippen molar-refractivity contribution in [1.29, 1.82) is 0 Å². The van der Waals surface area contributed by atoms with Crippen LogP contribution in [0.2, 0.25) is 0 Å². The lowest BCUT2D eigenvalue weighted by Gasteiger charge is -2.19. The number of amides is 2. The van der Waals surface area contributed by atoms with E-state index >= 15 is 0 Å². The highest BCUT2D eigenvalue weighted by Gasteiger charge is 2.18. The molecule has 1 rings (SSSR count). The van der Waals surface area contributed by atoms with Crippen molar-refractivity contribution in [3.8, 4) is 5.75 Å². The van der Waals surface area contributed by atoms with Gasteiger partial charge in [-0.2, -0.15) is 0 Å². The van der Waals surface area contributed by atoms with Crippen LogP contribution in [0.5, 0.6) is 5.75 Å². The van der Waals surface area contributed by atoms with Gasteiger partial charge in [-0.1, -0.05) is 25.0 Å². The second kappa shape index (κ2) is 12.7. The number of benzene rings is 1. The van der Waals surface area contributed by atoms with Crippen molar-refractivity contribution in [2.75, 3.05) is 13.2 Å². The molecule has 0 fully saturated rings. The Morgan fingerprint density at radius 2 is 1.67 bits per heavy atom. The minimum Gasteiger partial charge on any atom is -0.494 e. The van der Waals surface area contributed by atoms with Crippen molar-refractivity contribution in [1.82, 2.24) is 10.6 Å². The molecule has 8 heteroatoms. The Balaban J connectivity index is 2.19. The van der Waals surface area contributed by atoms with Gasteiger partial charge in [0.05, 0.1) is 6.61 Å². The standard InChI is InChI=1S/C22H34N2O6/c1-16(25)24-19(20(26)27)15-17-9-11-18(12-10-17)29-14-8-6-5-7-13-23-21(28)30-22(2,3)4/h9-12,19H,5-8,13-15H2,1-4H3,(H,23,28)(H,24,25)(H,26,27)/t19-/m0/s1. The van der Waals surface area contributed by atoms with Crippen molar-refractivity contribution < 1.29 is 29.0 Å². The van der Waals surface area contributed by atoms with E-state index in [0.717, 1.165) is 37.0 Å². The molecule has 30 heavy (non-hydrogen) atoms. The van der Waals surface area contributed by atoms with Gasteiger partial charge in [-0.25, -0.2) is 9.59 Å². The number of alkyl carbamates (subject to hydrolysis) is 1. The van der Waals surface area contributed by atoms with Gasteiger partial charge >= 0.3 is 12.1 Å². The van der Waals surface area contributed by atoms with E-state index in [1.807, 2.05) is 20.8 Å². The summed E-state index contributed by atoms with van der Waals surface area (Å²) < 4.78 is 10.9. The van der Waals surface area contributed by atoms with Crippen LogP contribution in [0.4, 0.5) is 4.79 Å². The van der Waals surface area contributed by atoms with E-state index in [-0.39, 0.29) is 18.4 Å². The Bertz CT molecular complexity index is 682. The van der Waals surface area contributed by atoms with E-state index in [1.165, 1.54) is 6.92 Å². The molecule has 0 aliphatic heterocycles. The molecule has 1 aromatic rings. The largest absolute Gasteiger partial charge is 0.494 e. The molecule has 0 aromatic heterocycles. The van der Waals surface area contributed by atoms with Crippen molar-refractivity contribution in [3.05, 3.63) is 29.8 Å². The maximum absolute atomic E-state index is 11.5. The van der Waals surface area contributed by atoms with Crippen LogP contribution in [0.15, 0.2) is 24.3 Å². The molecule has 0 radical (unpaired) electrons. The van der Waals surface area contributed by atoms with E-state index in [4.69, 9.17) is 14.6 Å². The zero-order chi connectivity index (χ0) is 22.6. The monoisotopic (exact) mass is 422 g/mol. The van der Waals surface area contributed by atoms with E-state index in [2.05, 4.69) is 10.6 Å². The fourth-order valence-corrected chi connectivity index (χ4v) is 2.68. The highest BCUT2D eigenvalue weighted by molar-refractivity contribution is 5.82. The second-order valence-corrected chi connectivity index (χ2v) is 8.13. The van der Waals surface area contributed by atoms with Crippen LogP contribution < -0.4 is 15.4 Å². The number of carboxylic acids is 1. The van der Waals surface area contributed by atoms with Gasteiger partial charge in [0.15, 0.2) is 0 Å². The van der Waals surface area contributed by atoms with Crippen LogP contribution in [0.25, 0.3) is 0 Å². The summed E-state index contributed by atoms with van der Waals surface area (Å²) in [4.78, 5) is 33.8. The third-order valence-electron chi connectivity index (χ3n) is 4.05. The number of unbranched alkanes of at least 4 members (excludes halogenated alkanes) is 3. The fraction of sp³-hybridized carbons (Fsp3) is 0.591. The summed E-state index contributed by atoms with van der Waals surface area (Å²) in [6.07, 6.45) is 3.58. The molecule has 0 unspecified atom stereocenters. The maximum atomic E-state index is 11.5. The van der Waals surface area contributed by atoms with Crippen LogP contribution in [-0.2, 0) is 20.7 Å². The molecule has 168 valence electrons. The van der Waals surface area contributed by atoms with Crippen LogP contribution in [0.1, 0.15) is 58.9 Å². The molecular weight excluding hydrogens is 388 g/mol. The molecular formula is C22H34N2O6. The van der Waals surface area contributed by atoms with Crippen LogP contribution in [0, 0.1) is 0 Å². The minimum atomic E-state index is -1.06. The second-order valence-electron chi connectivity index (χ2n) is 8.13. The van der Waals surface area contributed by atoms with E-state index in [1.54, 1.807) is 24.3 Å². The molecule has 0 aliphatic rings. The summed E-state index contributed by atoms with van der Waals surface area (Å²) in [5.41, 5.74) is 0.323. The maximum Gasteiger partial charge on any atom is 0.407 e. The minimum absolute atomic E-state index is 0.215. The number of ether oxygens (including phenoxy) is 2. The highest BCUT2D eigenvalue weighted by atomic mass is 16.6. The van der Waals surface area contributed by atoms with Gasteiger partial charge in [0, 0.05) is 19.9 Å². The average molecular weight is 423 g/mol. The Morgan fingerprint density at radius 1 is 1.03 bits per heavy atom. The van der Waals surface area contributed by atoms with Gasteiger partial charge in [0.25, 0.3) is 0 Å². The summed E-state index contributed by atoms with van der Waals surface area (Å²) in [5.74, 6) is -0.716. The predicted molar refractivity (Wildman–Crippen MR) is 114 cm³/mol. The first-order valence-corrected chi connectivity index (χ1v) is 10.3. The molecule has 0 spiro atoms. The lowest BCUT2D eigenvalue weighted by Crippen LogP contribution is -2.41. The number of carbonyl (C=O) groups is 3. The quantitative estimate of drug-likeness (QED) is 0.446. The molecule has 0 saturated heterocycles. The molecule has 8 nitrogen and oxygen atoms in total. The number of hydrogen-bond donors (Lipinski definition) is 3. The van der Waals surface area contributed by atoms with Gasteiger partial charge in [-0.05, 0) is 51.3 Å². The summed E-state index contributed by atoms with van der Waals surface area (Å²) in [7, 11) is 0. The summed E-state index contributed by atoms with van der Waals surface area (Å²) in [6, 6.07) is 6.25. The fourth-order valence-electron chi connectivity index (χ4n) is 2.68. The van der Waals surface area contributed by atoms with Crippen molar-refractivity contribution >= 4 is 18.0 Å². The van der Waals surface area contributed by atoms with Gasteiger partial charge in [0.1, 0.15) is 17.4 Å². The molecule has 0 saturated carbocycles. The predicted octanol–water partition coefficient (Wildman–Crippen LogP) is 3.28. The lowest BCUT2D eigenvalue weighted by atomic mass is 10.1. The third kappa shape index (κ3) is 11.9. The van der Waals surface area contributed by atoms with Crippen LogP contribution in [-0.4, -0.2) is 47.9 Å². The number of carboxylic acid groups (broad SMARTS) is 1. The molecule has 1 atom stereocenters. The highest BCUT2D eigenvalue weighted by Crippen LogP contribution is 2.14. The SMILES string of the molecule is CC(=O)N[C@@H](Cc1ccc(OCCCCCCNC(=O)OC(C)(C)C)cc1)C(=O)O. The number of hydrogen-bond acceptors (Lipinski definition) is 5. The van der Waals surface area contributed by atoms with Crippen molar-refractivity contribution in [3.63, 3.8) is 0 Å². The molecule has 0 aliphatic carbocycles. The summed E-state index contributed by atoms with van der Waals surface area (Å²) in [5, 5.41) is 14.3. The van der Waals surface area contributed by atoms with Crippen molar-refractivity contribution in [2.24, 2.45) is 0 Å². The number of rotatable bonds is 12. The van der Waals surface area contributed by atoms with E-state index < -0.39 is 17.6 Å². The summed E-state index contributed by atoms with van der Waals surface area (Å²) >= 11 is 0. The molecule has 1 aromatic carbocycles. The molecule has 0 heterocycles.